The molecular formula is C11H12Br2N2O2. The molecule has 0 radical (unpaired) electrons. The van der Waals surface area contributed by atoms with Crippen LogP contribution in [0.5, 0.6) is 0 Å². The average molecular weight is 364 g/mol. The Balaban J connectivity index is 3.08. The quantitative estimate of drug-likeness (QED) is 0.592. The van der Waals surface area contributed by atoms with Crippen LogP contribution in [0.15, 0.2) is 26.9 Å². The Hall–Kier alpha value is -0.750. The van der Waals surface area contributed by atoms with Crippen LogP contribution in [0.2, 0.25) is 0 Å². The molecule has 0 aliphatic rings. The van der Waals surface area contributed by atoms with E-state index in [-0.39, 0.29) is 16.5 Å². The van der Waals surface area contributed by atoms with Crippen LogP contribution in [0.25, 0.3) is 6.08 Å². The Morgan fingerprint density at radius 2 is 2.24 bits per heavy atom. The Kier molecular flexibility index (Phi) is 5.27. The third-order valence-corrected chi connectivity index (χ3v) is 3.06. The molecule has 1 aromatic heterocycles. The molecule has 4 nitrogen and oxygen atoms in total. The van der Waals surface area contributed by atoms with Gasteiger partial charge >= 0.3 is 0 Å². The smallest absolute Gasteiger partial charge is 0.248 e. The largest absolute Gasteiger partial charge is 0.259 e. The van der Waals surface area contributed by atoms with Gasteiger partial charge in [0.1, 0.15) is 0 Å². The normalized spacial score (nSPS) is 11.9. The van der Waals surface area contributed by atoms with E-state index in [1.54, 1.807) is 6.20 Å². The van der Waals surface area contributed by atoms with E-state index in [9.17, 15) is 10.1 Å². The first kappa shape index (κ1) is 14.3. The lowest BCUT2D eigenvalue weighted by Gasteiger charge is -2.03. The zero-order chi connectivity index (χ0) is 13.0. The first-order chi connectivity index (χ1) is 7.90. The van der Waals surface area contributed by atoms with Crippen molar-refractivity contribution in [2.45, 2.75) is 20.3 Å². The van der Waals surface area contributed by atoms with Crippen molar-refractivity contribution in [2.75, 3.05) is 0 Å². The van der Waals surface area contributed by atoms with Crippen molar-refractivity contribution < 1.29 is 4.92 Å². The van der Waals surface area contributed by atoms with Crippen LogP contribution < -0.4 is 0 Å². The van der Waals surface area contributed by atoms with Crippen LogP contribution in [0.4, 0.5) is 0 Å². The maximum atomic E-state index is 10.9. The summed E-state index contributed by atoms with van der Waals surface area (Å²) >= 11 is 6.62. The molecule has 0 N–H and O–H groups in total. The van der Waals surface area contributed by atoms with Crippen LogP contribution in [0.1, 0.15) is 26.0 Å². The molecule has 1 rings (SSSR count). The topological polar surface area (TPSA) is 56.0 Å². The highest BCUT2D eigenvalue weighted by molar-refractivity contribution is 9.11. The molecular weight excluding hydrogens is 352 g/mol. The summed E-state index contributed by atoms with van der Waals surface area (Å²) in [5, 5.41) is 10.9. The minimum Gasteiger partial charge on any atom is -0.259 e. The van der Waals surface area contributed by atoms with Gasteiger partial charge in [-0.2, -0.15) is 0 Å². The highest BCUT2D eigenvalue weighted by Crippen LogP contribution is 2.23. The van der Waals surface area contributed by atoms with Gasteiger partial charge < -0.3 is 0 Å². The van der Waals surface area contributed by atoms with Gasteiger partial charge in [-0.3, -0.25) is 15.1 Å². The fourth-order valence-electron chi connectivity index (χ4n) is 1.29. The number of pyridine rings is 1. The molecule has 1 heterocycles. The molecule has 0 aromatic carbocycles. The molecule has 0 aliphatic carbocycles. The molecule has 0 bridgehead atoms. The second kappa shape index (κ2) is 6.26. The molecule has 6 heteroatoms. The van der Waals surface area contributed by atoms with Crippen LogP contribution in [0, 0.1) is 16.0 Å². The van der Waals surface area contributed by atoms with Crippen molar-refractivity contribution in [3.8, 4) is 0 Å². The van der Waals surface area contributed by atoms with Crippen molar-refractivity contribution >= 4 is 37.9 Å². The van der Waals surface area contributed by atoms with Gasteiger partial charge in [-0.25, -0.2) is 0 Å². The van der Waals surface area contributed by atoms with Gasteiger partial charge in [-0.15, -0.1) is 0 Å². The van der Waals surface area contributed by atoms with Crippen LogP contribution in [0.3, 0.4) is 0 Å². The van der Waals surface area contributed by atoms with E-state index < -0.39 is 0 Å². The van der Waals surface area contributed by atoms with E-state index in [4.69, 9.17) is 0 Å². The van der Waals surface area contributed by atoms with E-state index >= 15 is 0 Å². The third-order valence-electron chi connectivity index (χ3n) is 1.99. The van der Waals surface area contributed by atoms with E-state index in [1.165, 1.54) is 6.08 Å². The lowest BCUT2D eigenvalue weighted by Crippen LogP contribution is -2.03. The monoisotopic (exact) mass is 362 g/mol. The lowest BCUT2D eigenvalue weighted by molar-refractivity contribution is -0.427. The van der Waals surface area contributed by atoms with Crippen molar-refractivity contribution in [3.63, 3.8) is 0 Å². The van der Waals surface area contributed by atoms with Crippen molar-refractivity contribution in [1.29, 1.82) is 0 Å². The first-order valence-corrected chi connectivity index (χ1v) is 6.64. The molecule has 0 spiro atoms. The molecule has 0 saturated heterocycles. The number of halogens is 2. The predicted molar refractivity (Wildman–Crippen MR) is 74.1 cm³/mol. The highest BCUT2D eigenvalue weighted by Gasteiger charge is 2.14. The summed E-state index contributed by atoms with van der Waals surface area (Å²) in [6.07, 6.45) is 3.55. The van der Waals surface area contributed by atoms with Gasteiger partial charge in [0, 0.05) is 27.6 Å². The molecule has 0 saturated carbocycles. The molecule has 0 atom stereocenters. The van der Waals surface area contributed by atoms with Crippen LogP contribution >= 0.6 is 31.9 Å². The van der Waals surface area contributed by atoms with Crippen molar-refractivity contribution in [1.82, 2.24) is 4.98 Å². The Labute approximate surface area is 117 Å². The number of rotatable bonds is 4. The predicted octanol–water partition coefficient (Wildman–Crippen LogP) is 4.27. The maximum Gasteiger partial charge on any atom is 0.248 e. The van der Waals surface area contributed by atoms with E-state index in [0.717, 1.165) is 8.95 Å². The van der Waals surface area contributed by atoms with E-state index in [0.29, 0.717) is 12.1 Å². The van der Waals surface area contributed by atoms with Gasteiger partial charge in [-0.05, 0) is 43.8 Å². The number of hydrogen-bond donors (Lipinski definition) is 0. The fourth-order valence-corrected chi connectivity index (χ4v) is 2.40. The number of nitrogens with zero attached hydrogens (tertiary/aromatic N) is 2. The molecule has 0 fully saturated rings. The van der Waals surface area contributed by atoms with Crippen molar-refractivity contribution in [3.05, 3.63) is 42.7 Å². The summed E-state index contributed by atoms with van der Waals surface area (Å²) in [6, 6.07) is 1.81. The van der Waals surface area contributed by atoms with Gasteiger partial charge in [0.25, 0.3) is 0 Å². The van der Waals surface area contributed by atoms with Crippen LogP contribution in [-0.4, -0.2) is 9.91 Å². The zero-order valence-electron chi connectivity index (χ0n) is 9.48. The number of hydrogen-bond acceptors (Lipinski definition) is 3. The van der Waals surface area contributed by atoms with E-state index in [1.807, 2.05) is 19.9 Å². The first-order valence-electron chi connectivity index (χ1n) is 5.06. The Morgan fingerprint density at radius 1 is 1.59 bits per heavy atom. The highest BCUT2D eigenvalue weighted by atomic mass is 79.9. The number of aromatic nitrogens is 1. The molecule has 0 amide bonds. The molecule has 1 aromatic rings. The number of allylic oxidation sites excluding steroid dienone is 1. The summed E-state index contributed by atoms with van der Waals surface area (Å²) in [4.78, 5) is 14.7. The van der Waals surface area contributed by atoms with Crippen LogP contribution in [-0.2, 0) is 0 Å². The minimum absolute atomic E-state index is 0.176. The minimum atomic E-state index is -0.351. The second-order valence-electron chi connectivity index (χ2n) is 4.01. The summed E-state index contributed by atoms with van der Waals surface area (Å²) in [6.45, 7) is 3.89. The lowest BCUT2D eigenvalue weighted by atomic mass is 10.1. The summed E-state index contributed by atoms with van der Waals surface area (Å²) in [7, 11) is 0. The van der Waals surface area contributed by atoms with Crippen molar-refractivity contribution in [2.24, 2.45) is 5.92 Å². The third kappa shape index (κ3) is 4.55. The Bertz CT molecular complexity index is 459. The summed E-state index contributed by atoms with van der Waals surface area (Å²) < 4.78 is 1.56. The molecule has 17 heavy (non-hydrogen) atoms. The Morgan fingerprint density at radius 3 is 2.71 bits per heavy atom. The second-order valence-corrected chi connectivity index (χ2v) is 5.78. The molecule has 92 valence electrons. The van der Waals surface area contributed by atoms with Gasteiger partial charge in [-0.1, -0.05) is 13.8 Å². The number of nitro groups is 1. The maximum absolute atomic E-state index is 10.9. The van der Waals surface area contributed by atoms with E-state index in [2.05, 4.69) is 36.8 Å². The average Bonchev–Trinajstić information content (AvgIpc) is 2.19. The fraction of sp³-hybridized carbons (Fsp3) is 0.364. The molecule has 0 aliphatic heterocycles. The summed E-state index contributed by atoms with van der Waals surface area (Å²) in [5.41, 5.74) is 0.746. The molecule has 0 unspecified atom stereocenters. The van der Waals surface area contributed by atoms with Gasteiger partial charge in [0.15, 0.2) is 0 Å². The SMILES string of the molecule is CC(C)CC(=Cc1ncc(Br)cc1Br)[N+](=O)[O-]. The standard InChI is InChI=1S/C11H12Br2N2O2/c1-7(2)3-9(15(16)17)5-11-10(13)4-8(12)6-14-11/h4-7H,3H2,1-2H3. The van der Waals surface area contributed by atoms with Gasteiger partial charge in [0.2, 0.25) is 5.70 Å². The van der Waals surface area contributed by atoms with Gasteiger partial charge in [0.05, 0.1) is 10.6 Å². The zero-order valence-corrected chi connectivity index (χ0v) is 12.7. The summed E-state index contributed by atoms with van der Waals surface area (Å²) in [5.74, 6) is 0.237.